The number of hydrogen-bond donors (Lipinski definition) is 1. The van der Waals surface area contributed by atoms with E-state index in [9.17, 15) is 0 Å². The molecule has 0 bridgehead atoms. The van der Waals surface area contributed by atoms with Crippen molar-refractivity contribution in [1.29, 1.82) is 0 Å². The molecule has 0 amide bonds. The molecule has 1 aliphatic rings. The molecule has 2 aromatic rings. The van der Waals surface area contributed by atoms with Crippen LogP contribution in [0.15, 0.2) is 24.5 Å². The lowest BCUT2D eigenvalue weighted by atomic mass is 10.4. The zero-order valence-electron chi connectivity index (χ0n) is 9.15. The second-order valence-corrected chi connectivity index (χ2v) is 4.98. The molecule has 2 aromatic heterocycles. The zero-order valence-corrected chi connectivity index (χ0v) is 9.91. The Kier molecular flexibility index (Phi) is 2.37. The molecule has 1 N–H and O–H groups in total. The monoisotopic (exact) mass is 235 g/mol. The first-order chi connectivity index (χ1) is 7.72. The molecule has 16 heavy (non-hydrogen) atoms. The van der Waals surface area contributed by atoms with Gasteiger partial charge in [-0.25, -0.2) is 4.98 Å². The Labute approximate surface area is 99.4 Å². The van der Waals surface area contributed by atoms with Crippen LogP contribution >= 0.6 is 11.6 Å². The highest BCUT2D eigenvalue weighted by Gasteiger charge is 2.31. The predicted molar refractivity (Wildman–Crippen MR) is 64.6 cm³/mol. The number of nitrogens with one attached hydrogen (secondary N) is 1. The molecule has 2 unspecified atom stereocenters. The summed E-state index contributed by atoms with van der Waals surface area (Å²) in [4.78, 5) is 4.52. The molecule has 0 spiro atoms. The maximum absolute atomic E-state index is 5.92. The molecule has 4 heteroatoms. The SMILES string of the molecule is CC1CC1NCc1cn2cc(Cl)ccc2n1. The van der Waals surface area contributed by atoms with Gasteiger partial charge in [0.15, 0.2) is 0 Å². The molecular weight excluding hydrogens is 222 g/mol. The van der Waals surface area contributed by atoms with Crippen molar-refractivity contribution in [3.8, 4) is 0 Å². The normalized spacial score (nSPS) is 23.9. The van der Waals surface area contributed by atoms with Gasteiger partial charge in [-0.15, -0.1) is 0 Å². The van der Waals surface area contributed by atoms with Crippen molar-refractivity contribution < 1.29 is 0 Å². The van der Waals surface area contributed by atoms with Crippen molar-refractivity contribution in [2.45, 2.75) is 25.9 Å². The van der Waals surface area contributed by atoms with Gasteiger partial charge in [-0.3, -0.25) is 0 Å². The van der Waals surface area contributed by atoms with E-state index in [1.807, 2.05) is 28.9 Å². The summed E-state index contributed by atoms with van der Waals surface area (Å²) in [5.74, 6) is 0.825. The van der Waals surface area contributed by atoms with E-state index in [0.717, 1.165) is 28.8 Å². The number of nitrogens with zero attached hydrogens (tertiary/aromatic N) is 2. The molecule has 3 rings (SSSR count). The average Bonchev–Trinajstić information content (AvgIpc) is 2.81. The Hall–Kier alpha value is -1.06. The van der Waals surface area contributed by atoms with E-state index in [1.165, 1.54) is 6.42 Å². The lowest BCUT2D eigenvalue weighted by molar-refractivity contribution is 0.644. The molecule has 3 nitrogen and oxygen atoms in total. The molecule has 0 aromatic carbocycles. The highest BCUT2D eigenvalue weighted by molar-refractivity contribution is 6.30. The summed E-state index contributed by atoms with van der Waals surface area (Å²) in [6, 6.07) is 4.49. The second-order valence-electron chi connectivity index (χ2n) is 4.55. The minimum Gasteiger partial charge on any atom is -0.308 e. The fraction of sp³-hybridized carbons (Fsp3) is 0.417. The maximum Gasteiger partial charge on any atom is 0.137 e. The van der Waals surface area contributed by atoms with Crippen molar-refractivity contribution >= 4 is 17.2 Å². The molecule has 0 aliphatic heterocycles. The van der Waals surface area contributed by atoms with E-state index < -0.39 is 0 Å². The van der Waals surface area contributed by atoms with E-state index in [4.69, 9.17) is 11.6 Å². The minimum absolute atomic E-state index is 0.688. The van der Waals surface area contributed by atoms with Crippen LogP contribution in [0, 0.1) is 5.92 Å². The van der Waals surface area contributed by atoms with Gasteiger partial charge in [0.2, 0.25) is 0 Å². The second kappa shape index (κ2) is 3.75. The topological polar surface area (TPSA) is 29.3 Å². The number of imidazole rings is 1. The van der Waals surface area contributed by atoms with Crippen molar-refractivity contribution in [2.75, 3.05) is 0 Å². The molecule has 1 saturated carbocycles. The van der Waals surface area contributed by atoms with Gasteiger partial charge in [0.05, 0.1) is 10.7 Å². The molecule has 1 aliphatic carbocycles. The number of halogens is 1. The lowest BCUT2D eigenvalue weighted by Gasteiger charge is -1.98. The van der Waals surface area contributed by atoms with Gasteiger partial charge >= 0.3 is 0 Å². The predicted octanol–water partition coefficient (Wildman–Crippen LogP) is 2.49. The summed E-state index contributed by atoms with van der Waals surface area (Å²) in [5, 5.41) is 4.23. The van der Waals surface area contributed by atoms with Crippen LogP contribution in [-0.2, 0) is 6.54 Å². The molecule has 2 atom stereocenters. The fourth-order valence-corrected chi connectivity index (χ4v) is 2.11. The maximum atomic E-state index is 5.92. The van der Waals surface area contributed by atoms with Gasteiger partial charge in [-0.2, -0.15) is 0 Å². The van der Waals surface area contributed by atoms with Crippen LogP contribution in [0.3, 0.4) is 0 Å². The van der Waals surface area contributed by atoms with Crippen molar-refractivity contribution in [2.24, 2.45) is 5.92 Å². The van der Waals surface area contributed by atoms with Crippen LogP contribution in [0.5, 0.6) is 0 Å². The Morgan fingerprint density at radius 3 is 3.06 bits per heavy atom. The third kappa shape index (κ3) is 1.93. The van der Waals surface area contributed by atoms with Gasteiger partial charge in [-0.05, 0) is 24.5 Å². The van der Waals surface area contributed by atoms with E-state index in [0.29, 0.717) is 6.04 Å². The van der Waals surface area contributed by atoms with Gasteiger partial charge in [0.25, 0.3) is 0 Å². The molecule has 2 heterocycles. The fourth-order valence-electron chi connectivity index (χ4n) is 1.94. The van der Waals surface area contributed by atoms with Gasteiger partial charge in [0, 0.05) is 25.0 Å². The molecule has 84 valence electrons. The smallest absolute Gasteiger partial charge is 0.137 e. The first-order valence-electron chi connectivity index (χ1n) is 5.59. The van der Waals surface area contributed by atoms with Gasteiger partial charge in [-0.1, -0.05) is 18.5 Å². The van der Waals surface area contributed by atoms with Crippen LogP contribution in [0.2, 0.25) is 5.02 Å². The first-order valence-corrected chi connectivity index (χ1v) is 5.97. The molecule has 0 radical (unpaired) electrons. The number of fused-ring (bicyclic) bond motifs is 1. The summed E-state index contributed by atoms with van der Waals surface area (Å²) in [5.41, 5.74) is 2.02. The standard InChI is InChI=1S/C12H14ClN3/c1-8-4-11(8)14-5-10-7-16-6-9(13)2-3-12(16)15-10/h2-3,6-8,11,14H,4-5H2,1H3. The van der Waals surface area contributed by atoms with E-state index in [2.05, 4.69) is 17.2 Å². The third-order valence-corrected chi connectivity index (χ3v) is 3.34. The first kappa shape index (κ1) is 10.1. The molecule has 0 saturated heterocycles. The van der Waals surface area contributed by atoms with Crippen LogP contribution < -0.4 is 5.32 Å². The number of pyridine rings is 1. The van der Waals surface area contributed by atoms with Crippen molar-refractivity contribution in [1.82, 2.24) is 14.7 Å². The summed E-state index contributed by atoms with van der Waals surface area (Å²) in [6.07, 6.45) is 5.20. The Morgan fingerprint density at radius 2 is 2.31 bits per heavy atom. The van der Waals surface area contributed by atoms with E-state index >= 15 is 0 Å². The lowest BCUT2D eigenvalue weighted by Crippen LogP contribution is -2.17. The van der Waals surface area contributed by atoms with Gasteiger partial charge in [0.1, 0.15) is 5.65 Å². The summed E-state index contributed by atoms with van der Waals surface area (Å²) < 4.78 is 1.97. The summed E-state index contributed by atoms with van der Waals surface area (Å²) in [6.45, 7) is 3.11. The van der Waals surface area contributed by atoms with E-state index in [1.54, 1.807) is 0 Å². The average molecular weight is 236 g/mol. The third-order valence-electron chi connectivity index (χ3n) is 3.12. The van der Waals surface area contributed by atoms with Crippen LogP contribution in [-0.4, -0.2) is 15.4 Å². The van der Waals surface area contributed by atoms with Gasteiger partial charge < -0.3 is 9.72 Å². The van der Waals surface area contributed by atoms with Crippen LogP contribution in [0.25, 0.3) is 5.65 Å². The summed E-state index contributed by atoms with van der Waals surface area (Å²) >= 11 is 5.92. The minimum atomic E-state index is 0.688. The Bertz CT molecular complexity index is 520. The number of rotatable bonds is 3. The van der Waals surface area contributed by atoms with Crippen LogP contribution in [0.4, 0.5) is 0 Å². The Balaban J connectivity index is 1.77. The van der Waals surface area contributed by atoms with Crippen LogP contribution in [0.1, 0.15) is 19.0 Å². The highest BCUT2D eigenvalue weighted by Crippen LogP contribution is 2.29. The molecular formula is C12H14ClN3. The number of aromatic nitrogens is 2. The Morgan fingerprint density at radius 1 is 1.50 bits per heavy atom. The van der Waals surface area contributed by atoms with Crippen molar-refractivity contribution in [3.63, 3.8) is 0 Å². The van der Waals surface area contributed by atoms with E-state index in [-0.39, 0.29) is 0 Å². The largest absolute Gasteiger partial charge is 0.308 e. The quantitative estimate of drug-likeness (QED) is 0.886. The molecule has 1 fully saturated rings. The number of hydrogen-bond acceptors (Lipinski definition) is 2. The summed E-state index contributed by atoms with van der Waals surface area (Å²) in [7, 11) is 0. The highest BCUT2D eigenvalue weighted by atomic mass is 35.5. The van der Waals surface area contributed by atoms with Crippen molar-refractivity contribution in [3.05, 3.63) is 35.2 Å². The zero-order chi connectivity index (χ0) is 11.1.